The van der Waals surface area contributed by atoms with Gasteiger partial charge >= 0.3 is 0 Å². The van der Waals surface area contributed by atoms with Gasteiger partial charge in [-0.15, -0.1) is 0 Å². The summed E-state index contributed by atoms with van der Waals surface area (Å²) in [5.41, 5.74) is 1.39. The van der Waals surface area contributed by atoms with Crippen LogP contribution in [-0.4, -0.2) is 10.2 Å². The predicted molar refractivity (Wildman–Crippen MR) is 76.4 cm³/mol. The molecular formula is C16H26O2. The normalized spacial score (nSPS) is 12.8. The van der Waals surface area contributed by atoms with Gasteiger partial charge in [-0.25, -0.2) is 0 Å². The molecule has 0 amide bonds. The molecule has 0 heterocycles. The molecule has 2 heteroatoms. The van der Waals surface area contributed by atoms with E-state index in [0.29, 0.717) is 5.75 Å². The number of phenolic OH excluding ortho intramolecular Hbond substituents is 2. The zero-order chi connectivity index (χ0) is 14.1. The number of aromatic hydroxyl groups is 2. The van der Waals surface area contributed by atoms with Crippen LogP contribution in [0.1, 0.15) is 65.5 Å². The lowest BCUT2D eigenvalue weighted by Gasteiger charge is -2.30. The van der Waals surface area contributed by atoms with Gasteiger partial charge in [0.15, 0.2) is 0 Å². The van der Waals surface area contributed by atoms with Crippen LogP contribution in [0.5, 0.6) is 11.5 Å². The zero-order valence-corrected chi connectivity index (χ0v) is 12.5. The van der Waals surface area contributed by atoms with Gasteiger partial charge in [-0.2, -0.15) is 0 Å². The molecule has 1 aromatic rings. The van der Waals surface area contributed by atoms with Gasteiger partial charge in [-0.1, -0.05) is 41.5 Å². The Morgan fingerprint density at radius 3 is 1.44 bits per heavy atom. The summed E-state index contributed by atoms with van der Waals surface area (Å²) in [6, 6.07) is 3.38. The summed E-state index contributed by atoms with van der Waals surface area (Å²) in [6.45, 7) is 12.5. The minimum Gasteiger partial charge on any atom is -0.508 e. The summed E-state index contributed by atoms with van der Waals surface area (Å²) in [5, 5.41) is 20.5. The molecule has 0 aliphatic carbocycles. The third-order valence-corrected chi connectivity index (χ3v) is 4.32. The fourth-order valence-corrected chi connectivity index (χ4v) is 2.03. The molecule has 2 nitrogen and oxygen atoms in total. The van der Waals surface area contributed by atoms with Crippen molar-refractivity contribution in [3.8, 4) is 11.5 Å². The first-order valence-electron chi connectivity index (χ1n) is 6.72. The minimum absolute atomic E-state index is 0.138. The van der Waals surface area contributed by atoms with Gasteiger partial charge in [0.05, 0.1) is 0 Å². The first-order valence-corrected chi connectivity index (χ1v) is 6.72. The molecule has 0 aliphatic heterocycles. The molecule has 0 aliphatic rings. The fourth-order valence-electron chi connectivity index (χ4n) is 2.03. The molecule has 2 N–H and O–H groups in total. The Kier molecular flexibility index (Phi) is 3.99. The van der Waals surface area contributed by atoms with Crippen LogP contribution in [0.15, 0.2) is 12.1 Å². The van der Waals surface area contributed by atoms with Crippen LogP contribution in [0.3, 0.4) is 0 Å². The van der Waals surface area contributed by atoms with E-state index in [1.807, 2.05) is 0 Å². The maximum Gasteiger partial charge on any atom is 0.123 e. The topological polar surface area (TPSA) is 40.5 Å². The van der Waals surface area contributed by atoms with Gasteiger partial charge in [0.2, 0.25) is 0 Å². The molecule has 0 bridgehead atoms. The fraction of sp³-hybridized carbons (Fsp3) is 0.625. The summed E-state index contributed by atoms with van der Waals surface area (Å²) in [4.78, 5) is 0. The second kappa shape index (κ2) is 4.83. The molecule has 0 atom stereocenters. The van der Waals surface area contributed by atoms with Crippen LogP contribution in [0.4, 0.5) is 0 Å². The van der Waals surface area contributed by atoms with Crippen molar-refractivity contribution in [3.63, 3.8) is 0 Å². The molecule has 18 heavy (non-hydrogen) atoms. The second-order valence-electron chi connectivity index (χ2n) is 6.36. The summed E-state index contributed by atoms with van der Waals surface area (Å²) >= 11 is 0. The summed E-state index contributed by atoms with van der Waals surface area (Å²) in [7, 11) is 0. The van der Waals surface area contributed by atoms with Crippen molar-refractivity contribution in [2.75, 3.05) is 0 Å². The number of hydrogen-bond donors (Lipinski definition) is 2. The third-order valence-electron chi connectivity index (χ3n) is 4.32. The van der Waals surface area contributed by atoms with Gasteiger partial charge in [0.1, 0.15) is 11.5 Å². The monoisotopic (exact) mass is 250 g/mol. The Bertz CT molecular complexity index is 394. The van der Waals surface area contributed by atoms with Gasteiger partial charge in [-0.05, 0) is 35.8 Å². The summed E-state index contributed by atoms with van der Waals surface area (Å²) < 4.78 is 0. The van der Waals surface area contributed by atoms with Crippen molar-refractivity contribution >= 4 is 0 Å². The van der Waals surface area contributed by atoms with Crippen molar-refractivity contribution in [2.24, 2.45) is 0 Å². The maximum absolute atomic E-state index is 10.5. The molecular weight excluding hydrogens is 224 g/mol. The van der Waals surface area contributed by atoms with Crippen molar-refractivity contribution in [3.05, 3.63) is 23.3 Å². The van der Waals surface area contributed by atoms with E-state index >= 15 is 0 Å². The lowest BCUT2D eigenvalue weighted by Crippen LogP contribution is -2.20. The first-order chi connectivity index (χ1) is 8.15. The maximum atomic E-state index is 10.5. The van der Waals surface area contributed by atoms with E-state index in [0.717, 1.165) is 24.0 Å². The Morgan fingerprint density at radius 2 is 1.17 bits per heavy atom. The molecule has 0 unspecified atom stereocenters. The largest absolute Gasteiger partial charge is 0.508 e. The number of rotatable bonds is 4. The van der Waals surface area contributed by atoms with E-state index < -0.39 is 0 Å². The van der Waals surface area contributed by atoms with E-state index in [1.165, 1.54) is 0 Å². The Morgan fingerprint density at radius 1 is 0.833 bits per heavy atom. The molecule has 0 saturated carbocycles. The lowest BCUT2D eigenvalue weighted by molar-refractivity contribution is 0.392. The SMILES string of the molecule is CCC(C)(C)c1cc(O)cc(C(C)(C)CC)c1O. The number of phenols is 2. The van der Waals surface area contributed by atoms with Gasteiger partial charge in [0.25, 0.3) is 0 Å². The molecule has 0 fully saturated rings. The summed E-state index contributed by atoms with van der Waals surface area (Å²) in [5.74, 6) is 0.576. The van der Waals surface area contributed by atoms with Crippen LogP contribution in [0.2, 0.25) is 0 Å². The van der Waals surface area contributed by atoms with Crippen molar-refractivity contribution in [1.82, 2.24) is 0 Å². The highest BCUT2D eigenvalue weighted by molar-refractivity contribution is 5.51. The van der Waals surface area contributed by atoms with E-state index in [-0.39, 0.29) is 16.6 Å². The highest BCUT2D eigenvalue weighted by Crippen LogP contribution is 2.43. The minimum atomic E-state index is -0.138. The smallest absolute Gasteiger partial charge is 0.123 e. The number of hydrogen-bond acceptors (Lipinski definition) is 2. The van der Waals surface area contributed by atoms with Gasteiger partial charge in [-0.3, -0.25) is 0 Å². The van der Waals surface area contributed by atoms with Crippen LogP contribution in [0.25, 0.3) is 0 Å². The van der Waals surface area contributed by atoms with E-state index in [9.17, 15) is 10.2 Å². The molecule has 0 radical (unpaired) electrons. The van der Waals surface area contributed by atoms with Gasteiger partial charge in [0, 0.05) is 11.1 Å². The van der Waals surface area contributed by atoms with Gasteiger partial charge < -0.3 is 10.2 Å². The Labute approximate surface area is 111 Å². The highest BCUT2D eigenvalue weighted by atomic mass is 16.3. The summed E-state index contributed by atoms with van der Waals surface area (Å²) in [6.07, 6.45) is 1.83. The highest BCUT2D eigenvalue weighted by Gasteiger charge is 2.29. The van der Waals surface area contributed by atoms with Crippen molar-refractivity contribution < 1.29 is 10.2 Å². The molecule has 1 rings (SSSR count). The van der Waals surface area contributed by atoms with E-state index in [4.69, 9.17) is 0 Å². The van der Waals surface area contributed by atoms with Crippen LogP contribution in [-0.2, 0) is 10.8 Å². The van der Waals surface area contributed by atoms with E-state index in [2.05, 4.69) is 41.5 Å². The Balaban J connectivity index is 3.50. The standard InChI is InChI=1S/C16H26O2/c1-7-15(3,4)12-9-11(17)10-13(14(12)18)16(5,6)8-2/h9-10,17-18H,7-8H2,1-6H3. The molecule has 102 valence electrons. The number of benzene rings is 1. The average molecular weight is 250 g/mol. The average Bonchev–Trinajstić information content (AvgIpc) is 2.31. The molecule has 0 saturated heterocycles. The van der Waals surface area contributed by atoms with Crippen molar-refractivity contribution in [1.29, 1.82) is 0 Å². The Hall–Kier alpha value is -1.18. The van der Waals surface area contributed by atoms with Crippen LogP contribution >= 0.6 is 0 Å². The van der Waals surface area contributed by atoms with Crippen molar-refractivity contribution in [2.45, 2.75) is 65.2 Å². The lowest BCUT2D eigenvalue weighted by atomic mass is 9.75. The predicted octanol–water partition coefficient (Wildman–Crippen LogP) is 4.47. The quantitative estimate of drug-likeness (QED) is 0.774. The molecule has 0 aromatic heterocycles. The second-order valence-corrected chi connectivity index (χ2v) is 6.36. The first kappa shape index (κ1) is 14.9. The van der Waals surface area contributed by atoms with Crippen LogP contribution < -0.4 is 0 Å². The zero-order valence-electron chi connectivity index (χ0n) is 12.5. The van der Waals surface area contributed by atoms with Crippen LogP contribution in [0, 0.1) is 0 Å². The molecule has 1 aromatic carbocycles. The molecule has 0 spiro atoms. The van der Waals surface area contributed by atoms with E-state index in [1.54, 1.807) is 12.1 Å². The third kappa shape index (κ3) is 2.63.